The maximum atomic E-state index is 13.1. The summed E-state index contributed by atoms with van der Waals surface area (Å²) in [5.41, 5.74) is 3.06. The molecule has 0 saturated carbocycles. The van der Waals surface area contributed by atoms with Gasteiger partial charge in [-0.3, -0.25) is 14.3 Å². The standard InChI is InChI=1S/C25H21FN4O2S/c1-17-15-20(7-10-22(17)29-25(32)16-30-14-2-13-27-30)28-24(31)12-9-21-8-11-23(33-21)18-3-5-19(26)6-4-18/h2-15H,16H2,1H3,(H,28,31)(H,29,32)/b12-9+. The first-order valence-corrected chi connectivity index (χ1v) is 11.0. The second-order valence-electron chi connectivity index (χ2n) is 7.31. The van der Waals surface area contributed by atoms with Gasteiger partial charge in [-0.1, -0.05) is 12.1 Å². The highest BCUT2D eigenvalue weighted by atomic mass is 32.1. The molecule has 0 spiro atoms. The Balaban J connectivity index is 1.33. The Bertz CT molecular complexity index is 1290. The van der Waals surface area contributed by atoms with Crippen LogP contribution in [-0.4, -0.2) is 21.6 Å². The third-order valence-corrected chi connectivity index (χ3v) is 5.89. The lowest BCUT2D eigenvalue weighted by Gasteiger charge is -2.10. The molecule has 0 aliphatic heterocycles. The highest BCUT2D eigenvalue weighted by Gasteiger charge is 2.08. The average Bonchev–Trinajstić information content (AvgIpc) is 3.47. The van der Waals surface area contributed by atoms with Gasteiger partial charge in [-0.2, -0.15) is 5.10 Å². The summed E-state index contributed by atoms with van der Waals surface area (Å²) in [7, 11) is 0. The summed E-state index contributed by atoms with van der Waals surface area (Å²) in [6.07, 6.45) is 6.55. The van der Waals surface area contributed by atoms with E-state index in [-0.39, 0.29) is 24.2 Å². The van der Waals surface area contributed by atoms with Gasteiger partial charge in [0.2, 0.25) is 11.8 Å². The number of aromatic nitrogens is 2. The fourth-order valence-corrected chi connectivity index (χ4v) is 4.08. The average molecular weight is 461 g/mol. The van der Waals surface area contributed by atoms with Gasteiger partial charge in [0.15, 0.2) is 0 Å². The Morgan fingerprint density at radius 3 is 2.64 bits per heavy atom. The molecule has 2 N–H and O–H groups in total. The largest absolute Gasteiger partial charge is 0.324 e. The van der Waals surface area contributed by atoms with Crippen LogP contribution in [0.4, 0.5) is 15.8 Å². The molecule has 2 aromatic heterocycles. The minimum Gasteiger partial charge on any atom is -0.324 e. The van der Waals surface area contributed by atoms with Crippen LogP contribution >= 0.6 is 11.3 Å². The Kier molecular flexibility index (Phi) is 6.75. The maximum Gasteiger partial charge on any atom is 0.248 e. The molecule has 6 nitrogen and oxygen atoms in total. The van der Waals surface area contributed by atoms with Crippen LogP contribution in [0.15, 0.2) is 79.1 Å². The maximum absolute atomic E-state index is 13.1. The van der Waals surface area contributed by atoms with E-state index in [0.29, 0.717) is 11.4 Å². The van der Waals surface area contributed by atoms with Crippen molar-refractivity contribution in [2.75, 3.05) is 10.6 Å². The third kappa shape index (κ3) is 6.02. The lowest BCUT2D eigenvalue weighted by molar-refractivity contribution is -0.117. The van der Waals surface area contributed by atoms with Gasteiger partial charge < -0.3 is 10.6 Å². The van der Waals surface area contributed by atoms with E-state index in [9.17, 15) is 14.0 Å². The zero-order chi connectivity index (χ0) is 23.2. The molecule has 2 amide bonds. The van der Waals surface area contributed by atoms with Gasteiger partial charge in [0.25, 0.3) is 0 Å². The number of rotatable bonds is 7. The Hall–Kier alpha value is -4.04. The molecule has 0 bridgehead atoms. The first-order chi connectivity index (χ1) is 16.0. The predicted molar refractivity (Wildman–Crippen MR) is 129 cm³/mol. The monoisotopic (exact) mass is 460 g/mol. The van der Waals surface area contributed by atoms with Gasteiger partial charge in [0.1, 0.15) is 12.4 Å². The Morgan fingerprint density at radius 1 is 1.09 bits per heavy atom. The first kappa shape index (κ1) is 22.2. The van der Waals surface area contributed by atoms with Crippen LogP contribution in [-0.2, 0) is 16.1 Å². The zero-order valence-electron chi connectivity index (χ0n) is 17.8. The number of amides is 2. The van der Waals surface area contributed by atoms with Crippen molar-refractivity contribution >= 4 is 40.6 Å². The summed E-state index contributed by atoms with van der Waals surface area (Å²) in [6, 6.07) is 17.2. The molecule has 0 fully saturated rings. The Labute approximate surface area is 194 Å². The zero-order valence-corrected chi connectivity index (χ0v) is 18.6. The first-order valence-electron chi connectivity index (χ1n) is 10.2. The summed E-state index contributed by atoms with van der Waals surface area (Å²) >= 11 is 1.52. The number of nitrogens with zero attached hydrogens (tertiary/aromatic N) is 2. The van der Waals surface area contributed by atoms with Crippen LogP contribution in [0.25, 0.3) is 16.5 Å². The smallest absolute Gasteiger partial charge is 0.248 e. The SMILES string of the molecule is Cc1cc(NC(=O)/C=C/c2ccc(-c3ccc(F)cc3)s2)ccc1NC(=O)Cn1cccn1. The van der Waals surface area contributed by atoms with Crippen LogP contribution in [0.2, 0.25) is 0 Å². The van der Waals surface area contributed by atoms with Gasteiger partial charge in [-0.15, -0.1) is 11.3 Å². The quantitative estimate of drug-likeness (QED) is 0.365. The second-order valence-corrected chi connectivity index (χ2v) is 8.43. The van der Waals surface area contributed by atoms with Crippen molar-refractivity contribution in [2.24, 2.45) is 0 Å². The van der Waals surface area contributed by atoms with E-state index >= 15 is 0 Å². The van der Waals surface area contributed by atoms with Crippen LogP contribution < -0.4 is 10.6 Å². The third-order valence-electron chi connectivity index (χ3n) is 4.79. The van der Waals surface area contributed by atoms with Gasteiger partial charge in [0.05, 0.1) is 0 Å². The predicted octanol–water partition coefficient (Wildman–Crippen LogP) is 5.35. The molecular weight excluding hydrogens is 439 g/mol. The highest BCUT2D eigenvalue weighted by Crippen LogP contribution is 2.29. The molecule has 0 radical (unpaired) electrons. The number of carbonyl (C=O) groups excluding carboxylic acids is 2. The molecule has 4 aromatic rings. The van der Waals surface area contributed by atoms with Gasteiger partial charge in [0, 0.05) is 39.6 Å². The number of hydrogen-bond acceptors (Lipinski definition) is 4. The van der Waals surface area contributed by atoms with E-state index in [1.807, 2.05) is 19.1 Å². The highest BCUT2D eigenvalue weighted by molar-refractivity contribution is 7.16. The van der Waals surface area contributed by atoms with E-state index < -0.39 is 0 Å². The molecule has 166 valence electrons. The number of aryl methyl sites for hydroxylation is 1. The summed E-state index contributed by atoms with van der Waals surface area (Å²) in [5, 5.41) is 9.69. The summed E-state index contributed by atoms with van der Waals surface area (Å²) in [4.78, 5) is 26.4. The van der Waals surface area contributed by atoms with Gasteiger partial charge in [-0.25, -0.2) is 4.39 Å². The number of hydrogen-bond donors (Lipinski definition) is 2. The number of thiophene rings is 1. The van der Waals surface area contributed by atoms with Crippen LogP contribution in [0.3, 0.4) is 0 Å². The fourth-order valence-electron chi connectivity index (χ4n) is 3.17. The van der Waals surface area contributed by atoms with Crippen molar-refractivity contribution in [3.05, 3.63) is 95.4 Å². The van der Waals surface area contributed by atoms with Crippen molar-refractivity contribution in [1.29, 1.82) is 0 Å². The molecule has 2 heterocycles. The fraction of sp³-hybridized carbons (Fsp3) is 0.0800. The number of anilines is 2. The molecule has 4 rings (SSSR count). The molecule has 0 aliphatic rings. The van der Waals surface area contributed by atoms with Crippen LogP contribution in [0.1, 0.15) is 10.4 Å². The molecular formula is C25H21FN4O2S. The van der Waals surface area contributed by atoms with E-state index in [0.717, 1.165) is 20.9 Å². The Morgan fingerprint density at radius 2 is 1.91 bits per heavy atom. The molecule has 0 atom stereocenters. The number of carbonyl (C=O) groups is 2. The van der Waals surface area contributed by atoms with Crippen LogP contribution in [0.5, 0.6) is 0 Å². The number of nitrogens with one attached hydrogen (secondary N) is 2. The topological polar surface area (TPSA) is 76.0 Å². The molecule has 0 saturated heterocycles. The van der Waals surface area contributed by atoms with E-state index in [1.54, 1.807) is 59.5 Å². The van der Waals surface area contributed by atoms with Gasteiger partial charge in [-0.05, 0) is 72.7 Å². The molecule has 0 unspecified atom stereocenters. The lowest BCUT2D eigenvalue weighted by atomic mass is 10.1. The van der Waals surface area contributed by atoms with Crippen molar-refractivity contribution in [2.45, 2.75) is 13.5 Å². The molecule has 2 aromatic carbocycles. The summed E-state index contributed by atoms with van der Waals surface area (Å²) < 4.78 is 14.6. The minimum absolute atomic E-state index is 0.126. The van der Waals surface area contributed by atoms with Crippen molar-refractivity contribution in [1.82, 2.24) is 9.78 Å². The van der Waals surface area contributed by atoms with Crippen molar-refractivity contribution in [3.8, 4) is 10.4 Å². The van der Waals surface area contributed by atoms with Crippen molar-refractivity contribution in [3.63, 3.8) is 0 Å². The summed E-state index contributed by atoms with van der Waals surface area (Å²) in [5.74, 6) is -0.717. The van der Waals surface area contributed by atoms with E-state index in [4.69, 9.17) is 0 Å². The summed E-state index contributed by atoms with van der Waals surface area (Å²) in [6.45, 7) is 1.99. The van der Waals surface area contributed by atoms with Gasteiger partial charge >= 0.3 is 0 Å². The second kappa shape index (κ2) is 10.1. The molecule has 8 heteroatoms. The van der Waals surface area contributed by atoms with Crippen LogP contribution in [0, 0.1) is 12.7 Å². The minimum atomic E-state index is -0.271. The van der Waals surface area contributed by atoms with Crippen molar-refractivity contribution < 1.29 is 14.0 Å². The van der Waals surface area contributed by atoms with E-state index in [1.165, 1.54) is 29.5 Å². The lowest BCUT2D eigenvalue weighted by Crippen LogP contribution is -2.19. The number of benzene rings is 2. The number of halogens is 1. The molecule has 0 aliphatic carbocycles. The van der Waals surface area contributed by atoms with E-state index in [2.05, 4.69) is 15.7 Å². The molecule has 33 heavy (non-hydrogen) atoms. The normalized spacial score (nSPS) is 11.0.